The van der Waals surface area contributed by atoms with Crippen LogP contribution in [0.3, 0.4) is 0 Å². The molecule has 2 N–H and O–H groups in total. The molecule has 22 heavy (non-hydrogen) atoms. The quantitative estimate of drug-likeness (QED) is 0.294. The van der Waals surface area contributed by atoms with Crippen molar-refractivity contribution in [3.8, 4) is 0 Å². The van der Waals surface area contributed by atoms with Crippen LogP contribution < -0.4 is 0 Å². The first-order valence-electron chi connectivity index (χ1n) is 9.23. The third kappa shape index (κ3) is 8.82. The molecule has 0 aliphatic rings. The SMILES string of the molecule is CCCCCCCCCCCC(OP(O)O)(C(C)C)C(C)C. The van der Waals surface area contributed by atoms with Crippen molar-refractivity contribution in [2.45, 2.75) is 104 Å². The van der Waals surface area contributed by atoms with E-state index in [-0.39, 0.29) is 11.8 Å². The summed E-state index contributed by atoms with van der Waals surface area (Å²) in [6.07, 6.45) is 12.6. The van der Waals surface area contributed by atoms with Gasteiger partial charge in [0.15, 0.2) is 0 Å². The summed E-state index contributed by atoms with van der Waals surface area (Å²) in [5, 5.41) is 0. The smallest absolute Gasteiger partial charge is 0.327 e. The van der Waals surface area contributed by atoms with E-state index in [1.165, 1.54) is 51.4 Å². The van der Waals surface area contributed by atoms with Gasteiger partial charge in [-0.25, -0.2) is 0 Å². The number of unbranched alkanes of at least 4 members (excludes halogenated alkanes) is 8. The molecule has 0 rings (SSSR count). The van der Waals surface area contributed by atoms with Gasteiger partial charge in [0.25, 0.3) is 0 Å². The standard InChI is InChI=1S/C18H39O3P/c1-6-7-8-9-10-11-12-13-14-15-18(16(2)3,17(4)5)21-22(19)20/h16-17,19-20H,6-15H2,1-5H3. The molecule has 0 amide bonds. The van der Waals surface area contributed by atoms with Crippen molar-refractivity contribution >= 4 is 8.60 Å². The fourth-order valence-electron chi connectivity index (χ4n) is 3.36. The molecule has 0 aromatic rings. The van der Waals surface area contributed by atoms with Gasteiger partial charge >= 0.3 is 8.60 Å². The molecule has 0 aromatic heterocycles. The molecular formula is C18H39O3P. The van der Waals surface area contributed by atoms with Crippen LogP contribution >= 0.6 is 8.60 Å². The van der Waals surface area contributed by atoms with Gasteiger partial charge in [0, 0.05) is 0 Å². The fourth-order valence-corrected chi connectivity index (χ4v) is 4.18. The van der Waals surface area contributed by atoms with Crippen LogP contribution in [0.2, 0.25) is 0 Å². The summed E-state index contributed by atoms with van der Waals surface area (Å²) in [6.45, 7) is 10.7. The second-order valence-electron chi connectivity index (χ2n) is 7.19. The van der Waals surface area contributed by atoms with Gasteiger partial charge in [-0.2, -0.15) is 0 Å². The number of hydrogen-bond donors (Lipinski definition) is 2. The Balaban J connectivity index is 4.04. The van der Waals surface area contributed by atoms with Gasteiger partial charge in [-0.15, -0.1) is 0 Å². The maximum atomic E-state index is 9.33. The molecular weight excluding hydrogens is 295 g/mol. The Morgan fingerprint density at radius 1 is 0.773 bits per heavy atom. The summed E-state index contributed by atoms with van der Waals surface area (Å²) >= 11 is 0. The molecule has 134 valence electrons. The highest BCUT2D eigenvalue weighted by molar-refractivity contribution is 7.39. The Labute approximate surface area is 139 Å². The Morgan fingerprint density at radius 2 is 1.18 bits per heavy atom. The van der Waals surface area contributed by atoms with E-state index in [4.69, 9.17) is 4.52 Å². The van der Waals surface area contributed by atoms with Gasteiger partial charge in [0.1, 0.15) is 0 Å². The average Bonchev–Trinajstić information content (AvgIpc) is 2.43. The molecule has 0 saturated carbocycles. The molecule has 0 aromatic carbocycles. The predicted octanol–water partition coefficient (Wildman–Crippen LogP) is 6.19. The molecule has 0 aliphatic carbocycles. The fraction of sp³-hybridized carbons (Fsp3) is 1.00. The van der Waals surface area contributed by atoms with Crippen LogP contribution in [-0.2, 0) is 4.52 Å². The monoisotopic (exact) mass is 334 g/mol. The van der Waals surface area contributed by atoms with Crippen LogP contribution in [0.4, 0.5) is 0 Å². The lowest BCUT2D eigenvalue weighted by molar-refractivity contribution is -0.0387. The first-order valence-corrected chi connectivity index (χ1v) is 10.4. The van der Waals surface area contributed by atoms with Crippen molar-refractivity contribution in [3.63, 3.8) is 0 Å². The molecule has 0 heterocycles. The molecule has 0 atom stereocenters. The lowest BCUT2D eigenvalue weighted by Crippen LogP contribution is -2.42. The molecule has 4 heteroatoms. The van der Waals surface area contributed by atoms with Crippen LogP contribution in [-0.4, -0.2) is 15.4 Å². The van der Waals surface area contributed by atoms with Crippen LogP contribution in [0.25, 0.3) is 0 Å². The van der Waals surface area contributed by atoms with Crippen molar-refractivity contribution in [1.82, 2.24) is 0 Å². The lowest BCUT2D eigenvalue weighted by Gasteiger charge is -2.41. The van der Waals surface area contributed by atoms with Gasteiger partial charge in [0.2, 0.25) is 0 Å². The summed E-state index contributed by atoms with van der Waals surface area (Å²) in [5.41, 5.74) is -0.406. The lowest BCUT2D eigenvalue weighted by atomic mass is 9.77. The normalized spacial score (nSPS) is 12.8. The summed E-state index contributed by atoms with van der Waals surface area (Å²) in [7, 11) is -2.29. The van der Waals surface area contributed by atoms with E-state index in [2.05, 4.69) is 34.6 Å². The van der Waals surface area contributed by atoms with E-state index < -0.39 is 14.2 Å². The first kappa shape index (κ1) is 22.3. The topological polar surface area (TPSA) is 49.7 Å². The van der Waals surface area contributed by atoms with E-state index in [0.29, 0.717) is 0 Å². The molecule has 0 spiro atoms. The Morgan fingerprint density at radius 3 is 1.55 bits per heavy atom. The number of rotatable bonds is 14. The number of hydrogen-bond acceptors (Lipinski definition) is 3. The Bertz CT molecular complexity index is 247. The summed E-state index contributed by atoms with van der Waals surface area (Å²) < 4.78 is 5.61. The zero-order valence-electron chi connectivity index (χ0n) is 15.5. The minimum absolute atomic E-state index is 0.283. The zero-order valence-corrected chi connectivity index (χ0v) is 16.4. The van der Waals surface area contributed by atoms with Crippen LogP contribution in [0.1, 0.15) is 98.8 Å². The van der Waals surface area contributed by atoms with Crippen molar-refractivity contribution < 1.29 is 14.3 Å². The van der Waals surface area contributed by atoms with Crippen molar-refractivity contribution in [3.05, 3.63) is 0 Å². The van der Waals surface area contributed by atoms with Crippen molar-refractivity contribution in [2.75, 3.05) is 0 Å². The van der Waals surface area contributed by atoms with Gasteiger partial charge < -0.3 is 14.3 Å². The van der Waals surface area contributed by atoms with Crippen molar-refractivity contribution in [2.24, 2.45) is 11.8 Å². The van der Waals surface area contributed by atoms with Crippen LogP contribution in [0.15, 0.2) is 0 Å². The van der Waals surface area contributed by atoms with Crippen molar-refractivity contribution in [1.29, 1.82) is 0 Å². The zero-order chi connectivity index (χ0) is 17.0. The Hall–Kier alpha value is 0.310. The third-order valence-electron chi connectivity index (χ3n) is 4.88. The predicted molar refractivity (Wildman–Crippen MR) is 96.7 cm³/mol. The van der Waals surface area contributed by atoms with E-state index in [1.54, 1.807) is 0 Å². The van der Waals surface area contributed by atoms with Gasteiger partial charge in [0.05, 0.1) is 5.60 Å². The molecule has 0 bridgehead atoms. The minimum atomic E-state index is -2.29. The van der Waals surface area contributed by atoms with Gasteiger partial charge in [-0.3, -0.25) is 0 Å². The summed E-state index contributed by atoms with van der Waals surface area (Å²) in [5.74, 6) is 0.566. The second kappa shape index (κ2) is 12.7. The molecule has 0 saturated heterocycles. The molecule has 0 unspecified atom stereocenters. The van der Waals surface area contributed by atoms with Gasteiger partial charge in [-0.1, -0.05) is 92.4 Å². The maximum Gasteiger partial charge on any atom is 0.327 e. The molecule has 0 fully saturated rings. The molecule has 0 aliphatic heterocycles. The summed E-state index contributed by atoms with van der Waals surface area (Å²) in [4.78, 5) is 18.7. The van der Waals surface area contributed by atoms with E-state index >= 15 is 0 Å². The first-order chi connectivity index (χ1) is 10.4. The maximum absolute atomic E-state index is 9.33. The van der Waals surface area contributed by atoms with E-state index in [0.717, 1.165) is 12.8 Å². The van der Waals surface area contributed by atoms with E-state index in [1.807, 2.05) is 0 Å². The van der Waals surface area contributed by atoms with E-state index in [9.17, 15) is 9.79 Å². The highest BCUT2D eigenvalue weighted by Gasteiger charge is 2.39. The minimum Gasteiger partial charge on any atom is -0.328 e. The Kier molecular flexibility index (Phi) is 12.9. The van der Waals surface area contributed by atoms with Crippen LogP contribution in [0.5, 0.6) is 0 Å². The average molecular weight is 334 g/mol. The highest BCUT2D eigenvalue weighted by Crippen LogP contribution is 2.44. The van der Waals surface area contributed by atoms with Gasteiger partial charge in [-0.05, 0) is 18.3 Å². The van der Waals surface area contributed by atoms with Crippen LogP contribution in [0, 0.1) is 11.8 Å². The third-order valence-corrected chi connectivity index (χ3v) is 5.38. The molecule has 0 radical (unpaired) electrons. The highest BCUT2D eigenvalue weighted by atomic mass is 31.2. The molecule has 3 nitrogen and oxygen atoms in total. The summed E-state index contributed by atoms with van der Waals surface area (Å²) in [6, 6.07) is 0. The second-order valence-corrected chi connectivity index (χ2v) is 7.87. The largest absolute Gasteiger partial charge is 0.328 e.